The minimum Gasteiger partial charge on any atom is -0.360 e. The van der Waals surface area contributed by atoms with E-state index in [0.717, 1.165) is 61.8 Å². The smallest absolute Gasteiger partial charge is 0.272 e. The van der Waals surface area contributed by atoms with E-state index < -0.39 is 5.54 Å². The predicted octanol–water partition coefficient (Wildman–Crippen LogP) is 6.92. The summed E-state index contributed by atoms with van der Waals surface area (Å²) in [4.78, 5) is 37.2. The Hall–Kier alpha value is -3.89. The third kappa shape index (κ3) is 5.35. The molecule has 2 fully saturated rings. The Morgan fingerprint density at radius 1 is 1.03 bits per heavy atom. The van der Waals surface area contributed by atoms with Crippen LogP contribution in [0.4, 0.5) is 17.2 Å². The monoisotopic (exact) mass is 536 g/mol. The molecule has 1 aliphatic heterocycles. The lowest BCUT2D eigenvalue weighted by Crippen LogP contribution is -2.55. The Morgan fingerprint density at radius 2 is 1.77 bits per heavy atom. The van der Waals surface area contributed by atoms with Crippen molar-refractivity contribution in [3.8, 4) is 0 Å². The van der Waals surface area contributed by atoms with E-state index in [9.17, 15) is 9.59 Å². The van der Waals surface area contributed by atoms with Gasteiger partial charge in [-0.1, -0.05) is 55.5 Å². The predicted molar refractivity (Wildman–Crippen MR) is 158 cm³/mol. The molecule has 0 radical (unpaired) electrons. The summed E-state index contributed by atoms with van der Waals surface area (Å²) in [5, 5.41) is 0.462. The first kappa shape index (κ1) is 26.7. The molecule has 1 spiro atoms. The molecule has 0 unspecified atom stereocenters. The normalized spacial score (nSPS) is 15.9. The summed E-state index contributed by atoms with van der Waals surface area (Å²) in [6.07, 6.45) is 9.14. The minimum absolute atomic E-state index is 0.0126. The molecule has 1 saturated heterocycles. The van der Waals surface area contributed by atoms with E-state index in [2.05, 4.69) is 34.1 Å². The average Bonchev–Trinajstić information content (AvgIpc) is 3.16. The number of aryl methyl sites for hydroxylation is 2. The van der Waals surface area contributed by atoms with Crippen molar-refractivity contribution in [2.75, 3.05) is 9.80 Å². The molecule has 0 N–H and O–H groups in total. The zero-order valence-electron chi connectivity index (χ0n) is 22.2. The molecule has 0 bridgehead atoms. The molecule has 1 aromatic heterocycles. The fourth-order valence-electron chi connectivity index (χ4n) is 5.55. The second-order valence-electron chi connectivity index (χ2n) is 10.5. The van der Waals surface area contributed by atoms with Gasteiger partial charge in [0, 0.05) is 18.5 Å². The first-order valence-electron chi connectivity index (χ1n) is 13.6. The quantitative estimate of drug-likeness (QED) is 0.160. The number of rotatable bonds is 10. The number of Topliss-reactive ketones (excluding diaryl/α,β-unsaturated/α-hetero) is 1. The van der Waals surface area contributed by atoms with Crippen LogP contribution in [0.25, 0.3) is 4.85 Å². The molecule has 198 valence electrons. The number of carbonyl (C=O) groups is 2. The molecule has 5 rings (SSSR count). The van der Waals surface area contributed by atoms with Crippen molar-refractivity contribution in [1.29, 1.82) is 0 Å². The summed E-state index contributed by atoms with van der Waals surface area (Å²) in [5.41, 5.74) is 3.94. The number of unbranched alkanes of at least 4 members (excludes halogenated alkanes) is 2. The number of thiocarbonyl (C=S) groups is 1. The molecule has 1 aliphatic carbocycles. The van der Waals surface area contributed by atoms with Crippen LogP contribution in [0.5, 0.6) is 0 Å². The van der Waals surface area contributed by atoms with Gasteiger partial charge in [0.1, 0.15) is 17.5 Å². The largest absolute Gasteiger partial charge is 0.360 e. The number of hydrogen-bond donors (Lipinski definition) is 0. The maximum atomic E-state index is 13.7. The van der Waals surface area contributed by atoms with Gasteiger partial charge in [-0.05, 0) is 92.6 Å². The standard InChI is InChI=1S/C32H32N4O2S/c1-23-20-27(22-34-29(23)33-2)35-30(38)32(18-9-19-32)36(31(35)39)26-16-14-24(15-17-26)10-5-4-8-13-28(37)21-25-11-6-3-7-12-25/h3,6-7,11-12,14-17,20,22H,4-5,8-10,13,18-19,21H2,1H3. The van der Waals surface area contributed by atoms with E-state index >= 15 is 0 Å². The van der Waals surface area contributed by atoms with Crippen LogP contribution in [-0.4, -0.2) is 27.3 Å². The molecule has 0 atom stereocenters. The number of anilines is 2. The van der Waals surface area contributed by atoms with Gasteiger partial charge in [-0.2, -0.15) is 0 Å². The van der Waals surface area contributed by atoms with Crippen LogP contribution in [0.15, 0.2) is 66.9 Å². The highest BCUT2D eigenvalue weighted by molar-refractivity contribution is 7.81. The van der Waals surface area contributed by atoms with Crippen molar-refractivity contribution >= 4 is 46.2 Å². The minimum atomic E-state index is -0.642. The summed E-state index contributed by atoms with van der Waals surface area (Å²) >= 11 is 5.87. The zero-order chi connectivity index (χ0) is 27.4. The van der Waals surface area contributed by atoms with Gasteiger partial charge in [0.15, 0.2) is 5.11 Å². The number of aromatic nitrogens is 1. The number of pyridine rings is 1. The van der Waals surface area contributed by atoms with Crippen molar-refractivity contribution in [1.82, 2.24) is 4.98 Å². The van der Waals surface area contributed by atoms with Crippen LogP contribution >= 0.6 is 12.2 Å². The molecule has 2 aliphatic rings. The Bertz CT molecular complexity index is 1420. The van der Waals surface area contributed by atoms with Gasteiger partial charge in [0.25, 0.3) is 11.7 Å². The highest BCUT2D eigenvalue weighted by Crippen LogP contribution is 2.47. The molecule has 2 heterocycles. The Kier molecular flexibility index (Phi) is 7.85. The van der Waals surface area contributed by atoms with Crippen LogP contribution in [-0.2, 0) is 22.4 Å². The van der Waals surface area contributed by atoms with Gasteiger partial charge < -0.3 is 9.74 Å². The van der Waals surface area contributed by atoms with Gasteiger partial charge in [0.2, 0.25) is 0 Å². The molecular weight excluding hydrogens is 504 g/mol. The van der Waals surface area contributed by atoms with Crippen molar-refractivity contribution in [3.63, 3.8) is 0 Å². The van der Waals surface area contributed by atoms with Crippen molar-refractivity contribution in [3.05, 3.63) is 95.0 Å². The second-order valence-corrected chi connectivity index (χ2v) is 10.9. The molecule has 39 heavy (non-hydrogen) atoms. The average molecular weight is 537 g/mol. The molecule has 2 aromatic carbocycles. The highest BCUT2D eigenvalue weighted by atomic mass is 32.1. The van der Waals surface area contributed by atoms with Crippen molar-refractivity contribution in [2.45, 2.75) is 70.3 Å². The van der Waals surface area contributed by atoms with Crippen molar-refractivity contribution < 1.29 is 9.59 Å². The maximum Gasteiger partial charge on any atom is 0.272 e. The van der Waals surface area contributed by atoms with Crippen LogP contribution < -0.4 is 9.80 Å². The lowest BCUT2D eigenvalue weighted by molar-refractivity contribution is -0.124. The molecule has 6 nitrogen and oxygen atoms in total. The fourth-order valence-corrected chi connectivity index (χ4v) is 6.02. The van der Waals surface area contributed by atoms with Gasteiger partial charge in [-0.25, -0.2) is 0 Å². The number of hydrogen-bond acceptors (Lipinski definition) is 4. The number of amides is 1. The third-order valence-electron chi connectivity index (χ3n) is 7.85. The fraction of sp³-hybridized carbons (Fsp3) is 0.344. The summed E-state index contributed by atoms with van der Waals surface area (Å²) in [6.45, 7) is 9.08. The SMILES string of the molecule is [C-]#[N+]c1ncc(N2C(=O)C3(CCC3)N(c3ccc(CCCCCC(=O)Cc4ccccc4)cc3)C2=S)cc1C. The summed E-state index contributed by atoms with van der Waals surface area (Å²) in [5.74, 6) is 0.622. The van der Waals surface area contributed by atoms with E-state index in [4.69, 9.17) is 18.8 Å². The van der Waals surface area contributed by atoms with E-state index in [1.807, 2.05) is 48.2 Å². The van der Waals surface area contributed by atoms with E-state index in [-0.39, 0.29) is 5.91 Å². The molecule has 1 saturated carbocycles. The second kappa shape index (κ2) is 11.5. The van der Waals surface area contributed by atoms with Crippen LogP contribution in [0.1, 0.15) is 61.6 Å². The highest BCUT2D eigenvalue weighted by Gasteiger charge is 2.59. The van der Waals surface area contributed by atoms with E-state index in [1.54, 1.807) is 11.1 Å². The lowest BCUT2D eigenvalue weighted by Gasteiger charge is -2.43. The topological polar surface area (TPSA) is 57.9 Å². The zero-order valence-corrected chi connectivity index (χ0v) is 23.0. The first-order valence-corrected chi connectivity index (χ1v) is 14.0. The van der Waals surface area contributed by atoms with Crippen LogP contribution in [0.3, 0.4) is 0 Å². The van der Waals surface area contributed by atoms with Gasteiger partial charge in [-0.3, -0.25) is 14.5 Å². The Labute approximate surface area is 235 Å². The summed E-state index contributed by atoms with van der Waals surface area (Å²) in [6, 6.07) is 20.1. The molecular formula is C32H32N4O2S. The third-order valence-corrected chi connectivity index (χ3v) is 8.22. The number of nitrogens with zero attached hydrogens (tertiary/aromatic N) is 4. The number of ketones is 1. The van der Waals surface area contributed by atoms with E-state index in [1.165, 1.54) is 5.56 Å². The molecule has 7 heteroatoms. The van der Waals surface area contributed by atoms with Gasteiger partial charge >= 0.3 is 0 Å². The van der Waals surface area contributed by atoms with Gasteiger partial charge in [0.05, 0.1) is 5.69 Å². The van der Waals surface area contributed by atoms with Crippen LogP contribution in [0, 0.1) is 13.5 Å². The summed E-state index contributed by atoms with van der Waals surface area (Å²) in [7, 11) is 0. The Balaban J connectivity index is 1.19. The van der Waals surface area contributed by atoms with Crippen LogP contribution in [0.2, 0.25) is 0 Å². The number of carbonyl (C=O) groups excluding carboxylic acids is 2. The molecule has 1 amide bonds. The van der Waals surface area contributed by atoms with Crippen molar-refractivity contribution in [2.24, 2.45) is 0 Å². The first-order chi connectivity index (χ1) is 18.9. The molecule has 3 aromatic rings. The van der Waals surface area contributed by atoms with Gasteiger partial charge in [-0.15, -0.1) is 4.98 Å². The number of benzene rings is 2. The lowest BCUT2D eigenvalue weighted by atomic mass is 9.75. The Morgan fingerprint density at radius 3 is 2.41 bits per heavy atom. The maximum absolute atomic E-state index is 13.7. The van der Waals surface area contributed by atoms with E-state index in [0.29, 0.717) is 35.2 Å². The summed E-state index contributed by atoms with van der Waals surface area (Å²) < 4.78 is 0.